The summed E-state index contributed by atoms with van der Waals surface area (Å²) in [6.07, 6.45) is 7.50. The van der Waals surface area contributed by atoms with Crippen molar-refractivity contribution in [2.45, 2.75) is 70.0 Å². The number of methoxy groups -OCH3 is 1. The molecule has 0 spiro atoms. The molecule has 0 unspecified atom stereocenters. The second-order valence-corrected chi connectivity index (χ2v) is 11.4. The van der Waals surface area contributed by atoms with E-state index in [1.807, 2.05) is 24.3 Å². The van der Waals surface area contributed by atoms with Crippen molar-refractivity contribution in [2.24, 2.45) is 5.41 Å². The van der Waals surface area contributed by atoms with E-state index in [4.69, 9.17) is 26.1 Å². The van der Waals surface area contributed by atoms with E-state index >= 15 is 0 Å². The van der Waals surface area contributed by atoms with Gasteiger partial charge in [-0.2, -0.15) is 5.26 Å². The zero-order valence-corrected chi connectivity index (χ0v) is 22.9. The van der Waals surface area contributed by atoms with Gasteiger partial charge in [-0.3, -0.25) is 0 Å². The molecule has 1 saturated carbocycles. The molecule has 1 aliphatic carbocycles. The Balaban J connectivity index is 1.37. The number of aromatic nitrogens is 2. The summed E-state index contributed by atoms with van der Waals surface area (Å²) in [5.74, 6) is 1.53. The molecule has 1 saturated heterocycles. The molecule has 2 fully saturated rings. The maximum atomic E-state index is 9.73. The fourth-order valence-electron chi connectivity index (χ4n) is 5.29. The van der Waals surface area contributed by atoms with E-state index in [0.29, 0.717) is 43.5 Å². The van der Waals surface area contributed by atoms with E-state index in [-0.39, 0.29) is 5.54 Å². The SMILES string of the molecule is COCC(C)(C)N[C@H]1CC[C@H](Nc2cc(-c3cccc(NCC4(C#N)CCOCC4)n3)c(Cl)cn2)CC1. The number of rotatable bonds is 10. The molecule has 0 radical (unpaired) electrons. The van der Waals surface area contributed by atoms with Gasteiger partial charge < -0.3 is 25.4 Å². The van der Waals surface area contributed by atoms with Crippen LogP contribution < -0.4 is 16.0 Å². The minimum atomic E-state index is -0.421. The van der Waals surface area contributed by atoms with Crippen LogP contribution in [-0.2, 0) is 9.47 Å². The molecule has 37 heavy (non-hydrogen) atoms. The lowest BCUT2D eigenvalue weighted by atomic mass is 9.82. The molecular formula is C28H39ClN6O2. The minimum absolute atomic E-state index is 0.0251. The Bertz CT molecular complexity index is 1070. The molecule has 3 N–H and O–H groups in total. The van der Waals surface area contributed by atoms with Crippen LogP contribution in [0.4, 0.5) is 11.6 Å². The predicted octanol–water partition coefficient (Wildman–Crippen LogP) is 5.27. The van der Waals surface area contributed by atoms with Crippen LogP contribution in [0.2, 0.25) is 5.02 Å². The Morgan fingerprint density at radius 2 is 1.89 bits per heavy atom. The molecule has 0 bridgehead atoms. The third kappa shape index (κ3) is 7.55. The van der Waals surface area contributed by atoms with E-state index < -0.39 is 5.41 Å². The van der Waals surface area contributed by atoms with Crippen molar-refractivity contribution in [1.82, 2.24) is 15.3 Å². The Morgan fingerprint density at radius 1 is 1.16 bits per heavy atom. The first kappa shape index (κ1) is 27.6. The van der Waals surface area contributed by atoms with E-state index in [9.17, 15) is 5.26 Å². The van der Waals surface area contributed by atoms with Crippen LogP contribution in [0.3, 0.4) is 0 Å². The Hall–Kier alpha value is -2.44. The first-order chi connectivity index (χ1) is 17.8. The third-order valence-corrected chi connectivity index (χ3v) is 7.66. The topological polar surface area (TPSA) is 104 Å². The first-order valence-electron chi connectivity index (χ1n) is 13.2. The molecular weight excluding hydrogens is 488 g/mol. The zero-order valence-electron chi connectivity index (χ0n) is 22.1. The van der Waals surface area contributed by atoms with Crippen molar-refractivity contribution in [3.8, 4) is 17.3 Å². The lowest BCUT2D eigenvalue weighted by Crippen LogP contribution is -2.50. The summed E-state index contributed by atoms with van der Waals surface area (Å²) in [7, 11) is 1.75. The van der Waals surface area contributed by atoms with Crippen LogP contribution in [0.15, 0.2) is 30.5 Å². The van der Waals surface area contributed by atoms with Crippen molar-refractivity contribution in [3.63, 3.8) is 0 Å². The summed E-state index contributed by atoms with van der Waals surface area (Å²) >= 11 is 6.55. The number of nitrogens with one attached hydrogen (secondary N) is 3. The van der Waals surface area contributed by atoms with Gasteiger partial charge in [0.1, 0.15) is 11.6 Å². The second-order valence-electron chi connectivity index (χ2n) is 11.0. The summed E-state index contributed by atoms with van der Waals surface area (Å²) in [6, 6.07) is 11.2. The average Bonchev–Trinajstić information content (AvgIpc) is 2.90. The van der Waals surface area contributed by atoms with Gasteiger partial charge in [-0.05, 0) is 70.6 Å². The number of pyridine rings is 2. The molecule has 2 aromatic heterocycles. The highest BCUT2D eigenvalue weighted by Gasteiger charge is 2.32. The maximum absolute atomic E-state index is 9.73. The Morgan fingerprint density at radius 3 is 2.59 bits per heavy atom. The molecule has 4 rings (SSSR count). The lowest BCUT2D eigenvalue weighted by molar-refractivity contribution is 0.0455. The number of halogens is 1. The maximum Gasteiger partial charge on any atom is 0.126 e. The average molecular weight is 527 g/mol. The monoisotopic (exact) mass is 526 g/mol. The largest absolute Gasteiger partial charge is 0.383 e. The van der Waals surface area contributed by atoms with Crippen LogP contribution in [-0.4, -0.2) is 61.1 Å². The summed E-state index contributed by atoms with van der Waals surface area (Å²) in [5.41, 5.74) is 1.16. The van der Waals surface area contributed by atoms with Gasteiger partial charge in [-0.25, -0.2) is 9.97 Å². The molecule has 2 aliphatic rings. The van der Waals surface area contributed by atoms with Crippen LogP contribution in [0.1, 0.15) is 52.4 Å². The molecule has 0 atom stereocenters. The van der Waals surface area contributed by atoms with Gasteiger partial charge in [0.05, 0.1) is 28.8 Å². The van der Waals surface area contributed by atoms with Gasteiger partial charge in [-0.1, -0.05) is 17.7 Å². The van der Waals surface area contributed by atoms with E-state index in [1.165, 1.54) is 0 Å². The molecule has 1 aliphatic heterocycles. The molecule has 200 valence electrons. The highest BCUT2D eigenvalue weighted by Crippen LogP contribution is 2.32. The van der Waals surface area contributed by atoms with Crippen molar-refractivity contribution in [1.29, 1.82) is 5.26 Å². The van der Waals surface area contributed by atoms with Crippen molar-refractivity contribution < 1.29 is 9.47 Å². The van der Waals surface area contributed by atoms with E-state index in [0.717, 1.165) is 61.4 Å². The van der Waals surface area contributed by atoms with Crippen LogP contribution in [0.5, 0.6) is 0 Å². The number of nitriles is 1. The van der Waals surface area contributed by atoms with Crippen LogP contribution >= 0.6 is 11.6 Å². The fourth-order valence-corrected chi connectivity index (χ4v) is 5.49. The summed E-state index contributed by atoms with van der Waals surface area (Å²) in [5, 5.41) is 21.0. The predicted molar refractivity (Wildman–Crippen MR) is 148 cm³/mol. The summed E-state index contributed by atoms with van der Waals surface area (Å²) in [4.78, 5) is 9.33. The quantitative estimate of drug-likeness (QED) is 0.385. The van der Waals surface area contributed by atoms with Crippen molar-refractivity contribution in [2.75, 3.05) is 44.1 Å². The summed E-state index contributed by atoms with van der Waals surface area (Å²) < 4.78 is 10.8. The highest BCUT2D eigenvalue weighted by atomic mass is 35.5. The van der Waals surface area contributed by atoms with Gasteiger partial charge in [0.2, 0.25) is 0 Å². The fraction of sp³-hybridized carbons (Fsp3) is 0.607. The minimum Gasteiger partial charge on any atom is -0.383 e. The number of nitrogens with zero attached hydrogens (tertiary/aromatic N) is 3. The van der Waals surface area contributed by atoms with Gasteiger partial charge in [0.15, 0.2) is 0 Å². The molecule has 0 amide bonds. The number of anilines is 2. The van der Waals surface area contributed by atoms with Gasteiger partial charge in [0.25, 0.3) is 0 Å². The molecule has 0 aromatic carbocycles. The smallest absolute Gasteiger partial charge is 0.126 e. The molecule has 9 heteroatoms. The molecule has 2 aromatic rings. The summed E-state index contributed by atoms with van der Waals surface area (Å²) in [6.45, 7) is 6.85. The Kier molecular flexibility index (Phi) is 9.25. The van der Waals surface area contributed by atoms with Crippen molar-refractivity contribution in [3.05, 3.63) is 35.5 Å². The first-order valence-corrected chi connectivity index (χ1v) is 13.6. The molecule has 3 heterocycles. The van der Waals surface area contributed by atoms with E-state index in [1.54, 1.807) is 13.3 Å². The van der Waals surface area contributed by atoms with Crippen LogP contribution in [0.25, 0.3) is 11.3 Å². The highest BCUT2D eigenvalue weighted by molar-refractivity contribution is 6.33. The number of ether oxygens (including phenoxy) is 2. The van der Waals surface area contributed by atoms with Gasteiger partial charge in [-0.15, -0.1) is 0 Å². The van der Waals surface area contributed by atoms with E-state index in [2.05, 4.69) is 40.9 Å². The van der Waals surface area contributed by atoms with Gasteiger partial charge >= 0.3 is 0 Å². The molecule has 8 nitrogen and oxygen atoms in total. The zero-order chi connectivity index (χ0) is 26.3. The normalized spacial score (nSPS) is 21.7. The third-order valence-electron chi connectivity index (χ3n) is 7.35. The second kappa shape index (κ2) is 12.4. The number of hydrogen-bond acceptors (Lipinski definition) is 8. The van der Waals surface area contributed by atoms with Gasteiger partial charge in [0, 0.05) is 56.3 Å². The standard InChI is InChI=1S/C28H39ClN6O2/c1-27(2,19-36-3)35-21-9-7-20(8-10-21)33-26-15-22(23(29)16-31-26)24-5-4-6-25(34-24)32-18-28(17-30)11-13-37-14-12-28/h4-6,15-16,20-21,35H,7-14,18-19H2,1-3H3,(H,31,33)(H,32,34)/t20-,21-. The van der Waals surface area contributed by atoms with Crippen molar-refractivity contribution >= 4 is 23.2 Å². The number of hydrogen-bond donors (Lipinski definition) is 3. The lowest BCUT2D eigenvalue weighted by Gasteiger charge is -2.36. The van der Waals surface area contributed by atoms with Crippen LogP contribution in [0, 0.1) is 16.7 Å². The Labute approximate surface area is 225 Å².